The van der Waals surface area contributed by atoms with Crippen molar-refractivity contribution in [3.05, 3.63) is 40.6 Å². The third-order valence-electron chi connectivity index (χ3n) is 3.57. The molecule has 1 amide bonds. The van der Waals surface area contributed by atoms with Crippen molar-refractivity contribution in [1.29, 1.82) is 0 Å². The SMILES string of the molecule is CCNc1nc(SCC(=O)Nc2ccsc2C(=O)OC)nc2ccccc12. The van der Waals surface area contributed by atoms with Gasteiger partial charge in [0.15, 0.2) is 5.16 Å². The number of carbonyl (C=O) groups is 2. The number of nitrogens with one attached hydrogen (secondary N) is 2. The van der Waals surface area contributed by atoms with Gasteiger partial charge in [-0.2, -0.15) is 0 Å². The van der Waals surface area contributed by atoms with Crippen LogP contribution in [0.4, 0.5) is 11.5 Å². The Kier molecular flexibility index (Phi) is 6.25. The van der Waals surface area contributed by atoms with E-state index < -0.39 is 5.97 Å². The Morgan fingerprint density at radius 2 is 2.04 bits per heavy atom. The van der Waals surface area contributed by atoms with E-state index in [1.807, 2.05) is 31.2 Å². The lowest BCUT2D eigenvalue weighted by atomic mass is 10.2. The van der Waals surface area contributed by atoms with Crippen LogP contribution in [0.3, 0.4) is 0 Å². The molecular formula is C18H18N4O3S2. The van der Waals surface area contributed by atoms with E-state index in [9.17, 15) is 9.59 Å². The van der Waals surface area contributed by atoms with Gasteiger partial charge >= 0.3 is 5.97 Å². The van der Waals surface area contributed by atoms with Crippen LogP contribution in [0.15, 0.2) is 40.9 Å². The lowest BCUT2D eigenvalue weighted by Crippen LogP contribution is -2.16. The number of nitrogens with zero attached hydrogens (tertiary/aromatic N) is 2. The largest absolute Gasteiger partial charge is 0.465 e. The summed E-state index contributed by atoms with van der Waals surface area (Å²) in [6, 6.07) is 9.40. The Hall–Kier alpha value is -2.65. The van der Waals surface area contributed by atoms with Gasteiger partial charge in [0.2, 0.25) is 5.91 Å². The van der Waals surface area contributed by atoms with E-state index in [0.29, 0.717) is 15.7 Å². The average Bonchev–Trinajstić information content (AvgIpc) is 3.14. The van der Waals surface area contributed by atoms with Crippen molar-refractivity contribution < 1.29 is 14.3 Å². The number of anilines is 2. The Morgan fingerprint density at radius 3 is 2.81 bits per heavy atom. The molecule has 3 rings (SSSR count). The zero-order valence-corrected chi connectivity index (χ0v) is 16.4. The van der Waals surface area contributed by atoms with Crippen LogP contribution in [-0.2, 0) is 9.53 Å². The third kappa shape index (κ3) is 4.55. The van der Waals surface area contributed by atoms with Gasteiger partial charge in [-0.1, -0.05) is 23.9 Å². The number of benzene rings is 1. The van der Waals surface area contributed by atoms with Crippen molar-refractivity contribution in [3.8, 4) is 0 Å². The predicted molar refractivity (Wildman–Crippen MR) is 109 cm³/mol. The van der Waals surface area contributed by atoms with E-state index in [1.54, 1.807) is 11.4 Å². The number of rotatable bonds is 7. The van der Waals surface area contributed by atoms with Gasteiger partial charge in [0.05, 0.1) is 24.1 Å². The number of esters is 1. The maximum absolute atomic E-state index is 12.3. The van der Waals surface area contributed by atoms with Crippen LogP contribution in [0.5, 0.6) is 0 Å². The number of hydrogen-bond acceptors (Lipinski definition) is 8. The number of thiophene rings is 1. The molecule has 2 heterocycles. The van der Waals surface area contributed by atoms with E-state index >= 15 is 0 Å². The second kappa shape index (κ2) is 8.83. The molecule has 3 aromatic rings. The van der Waals surface area contributed by atoms with Gasteiger partial charge in [-0.15, -0.1) is 11.3 Å². The third-order valence-corrected chi connectivity index (χ3v) is 5.31. The molecule has 2 N–H and O–H groups in total. The molecule has 0 fully saturated rings. The molecule has 7 nitrogen and oxygen atoms in total. The van der Waals surface area contributed by atoms with Crippen molar-refractivity contribution in [2.45, 2.75) is 12.1 Å². The fourth-order valence-corrected chi connectivity index (χ4v) is 3.81. The summed E-state index contributed by atoms with van der Waals surface area (Å²) < 4.78 is 4.71. The first-order valence-electron chi connectivity index (χ1n) is 8.21. The summed E-state index contributed by atoms with van der Waals surface area (Å²) in [6.45, 7) is 2.73. The quantitative estimate of drug-likeness (QED) is 0.354. The first-order valence-corrected chi connectivity index (χ1v) is 10.1. The zero-order valence-electron chi connectivity index (χ0n) is 14.8. The Morgan fingerprint density at radius 1 is 1.22 bits per heavy atom. The summed E-state index contributed by atoms with van der Waals surface area (Å²) in [5.41, 5.74) is 1.27. The molecule has 0 aliphatic heterocycles. The minimum absolute atomic E-state index is 0.125. The molecule has 0 radical (unpaired) electrons. The van der Waals surface area contributed by atoms with Gasteiger partial charge in [-0.05, 0) is 30.5 Å². The summed E-state index contributed by atoms with van der Waals surface area (Å²) in [5, 5.41) is 9.14. The zero-order chi connectivity index (χ0) is 19.2. The molecule has 0 spiro atoms. The summed E-state index contributed by atoms with van der Waals surface area (Å²) in [7, 11) is 1.31. The number of aromatic nitrogens is 2. The van der Waals surface area contributed by atoms with Crippen LogP contribution < -0.4 is 10.6 Å². The summed E-state index contributed by atoms with van der Waals surface area (Å²) in [6.07, 6.45) is 0. The summed E-state index contributed by atoms with van der Waals surface area (Å²) in [5.74, 6) is 0.156. The molecule has 27 heavy (non-hydrogen) atoms. The van der Waals surface area contributed by atoms with Crippen LogP contribution in [0.1, 0.15) is 16.6 Å². The molecular weight excluding hydrogens is 384 g/mol. The number of methoxy groups -OCH3 is 1. The van der Waals surface area contributed by atoms with E-state index in [1.165, 1.54) is 30.2 Å². The van der Waals surface area contributed by atoms with E-state index in [-0.39, 0.29) is 11.7 Å². The average molecular weight is 403 g/mol. The topological polar surface area (TPSA) is 93.2 Å². The van der Waals surface area contributed by atoms with Gasteiger partial charge in [-0.3, -0.25) is 4.79 Å². The van der Waals surface area contributed by atoms with Crippen LogP contribution in [-0.4, -0.2) is 41.3 Å². The Balaban J connectivity index is 1.70. The molecule has 0 aliphatic rings. The molecule has 0 unspecified atom stereocenters. The number of hydrogen-bond donors (Lipinski definition) is 2. The predicted octanol–water partition coefficient (Wildman–Crippen LogP) is 3.64. The number of carbonyl (C=O) groups excluding carboxylic acids is 2. The minimum Gasteiger partial charge on any atom is -0.465 e. The van der Waals surface area contributed by atoms with Crippen molar-refractivity contribution >= 4 is 57.4 Å². The molecule has 1 aromatic carbocycles. The van der Waals surface area contributed by atoms with Crippen LogP contribution in [0.25, 0.3) is 10.9 Å². The fraction of sp³-hybridized carbons (Fsp3) is 0.222. The van der Waals surface area contributed by atoms with Crippen LogP contribution in [0.2, 0.25) is 0 Å². The molecule has 0 saturated heterocycles. The van der Waals surface area contributed by atoms with Crippen LogP contribution in [0, 0.1) is 0 Å². The van der Waals surface area contributed by atoms with E-state index in [0.717, 1.165) is 23.3 Å². The normalized spacial score (nSPS) is 10.6. The highest BCUT2D eigenvalue weighted by Gasteiger charge is 2.16. The molecule has 0 atom stereocenters. The standard InChI is InChI=1S/C18H18N4O3S2/c1-3-19-16-11-6-4-5-7-12(11)21-18(22-16)27-10-14(23)20-13-8-9-26-15(13)17(24)25-2/h4-9H,3,10H2,1-2H3,(H,20,23)(H,19,21,22). The molecule has 2 aromatic heterocycles. The van der Waals surface area contributed by atoms with E-state index in [4.69, 9.17) is 4.74 Å². The molecule has 9 heteroatoms. The van der Waals surface area contributed by atoms with E-state index in [2.05, 4.69) is 20.6 Å². The second-order valence-corrected chi connectivity index (χ2v) is 7.25. The smallest absolute Gasteiger partial charge is 0.350 e. The van der Waals surface area contributed by atoms with Crippen molar-refractivity contribution in [2.24, 2.45) is 0 Å². The molecule has 0 aliphatic carbocycles. The van der Waals surface area contributed by atoms with Gasteiger partial charge < -0.3 is 15.4 Å². The lowest BCUT2D eigenvalue weighted by Gasteiger charge is -2.09. The van der Waals surface area contributed by atoms with Crippen molar-refractivity contribution in [3.63, 3.8) is 0 Å². The van der Waals surface area contributed by atoms with Crippen molar-refractivity contribution in [1.82, 2.24) is 9.97 Å². The molecule has 0 saturated carbocycles. The maximum Gasteiger partial charge on any atom is 0.350 e. The first-order chi connectivity index (χ1) is 13.1. The Bertz CT molecular complexity index is 974. The highest BCUT2D eigenvalue weighted by Crippen LogP contribution is 2.26. The monoisotopic (exact) mass is 402 g/mol. The van der Waals surface area contributed by atoms with Gasteiger partial charge in [0.25, 0.3) is 0 Å². The van der Waals surface area contributed by atoms with Crippen LogP contribution >= 0.6 is 23.1 Å². The van der Waals surface area contributed by atoms with Gasteiger partial charge in [-0.25, -0.2) is 14.8 Å². The number of thioether (sulfide) groups is 1. The van der Waals surface area contributed by atoms with Gasteiger partial charge in [0.1, 0.15) is 10.7 Å². The first kappa shape index (κ1) is 19.1. The van der Waals surface area contributed by atoms with Crippen molar-refractivity contribution in [2.75, 3.05) is 30.0 Å². The Labute approximate surface area is 164 Å². The summed E-state index contributed by atoms with van der Waals surface area (Å²) >= 11 is 2.46. The lowest BCUT2D eigenvalue weighted by molar-refractivity contribution is -0.113. The van der Waals surface area contributed by atoms with Gasteiger partial charge in [0, 0.05) is 11.9 Å². The molecule has 0 bridgehead atoms. The highest BCUT2D eigenvalue weighted by atomic mass is 32.2. The second-order valence-electron chi connectivity index (χ2n) is 5.39. The number of amides is 1. The number of fused-ring (bicyclic) bond motifs is 1. The maximum atomic E-state index is 12.3. The number of para-hydroxylation sites is 1. The highest BCUT2D eigenvalue weighted by molar-refractivity contribution is 7.99. The molecule has 140 valence electrons. The number of ether oxygens (including phenoxy) is 1. The summed E-state index contributed by atoms with van der Waals surface area (Å²) in [4.78, 5) is 33.3. The fourth-order valence-electron chi connectivity index (χ4n) is 2.40. The minimum atomic E-state index is -0.471.